The number of hydrogen-bond acceptors (Lipinski definition) is 1. The fraction of sp³-hybridized carbons (Fsp3) is 0.0769. The quantitative estimate of drug-likeness (QED) is 0.735. The molecule has 0 heterocycles. The van der Waals surface area contributed by atoms with Crippen LogP contribution in [0.15, 0.2) is 42.5 Å². The van der Waals surface area contributed by atoms with Crippen molar-refractivity contribution in [1.82, 2.24) is 0 Å². The highest BCUT2D eigenvalue weighted by atomic mass is 19.2. The Balaban J connectivity index is 2.13. The molecule has 4 heteroatoms. The van der Waals surface area contributed by atoms with Crippen LogP contribution in [0.1, 0.15) is 5.56 Å². The second-order valence-electron chi connectivity index (χ2n) is 3.56. The predicted octanol–water partition coefficient (Wildman–Crippen LogP) is 2.34. The molecule has 0 amide bonds. The van der Waals surface area contributed by atoms with Gasteiger partial charge in [-0.05, 0) is 11.6 Å². The third-order valence-electron chi connectivity index (χ3n) is 2.31. The summed E-state index contributed by atoms with van der Waals surface area (Å²) in [6, 6.07) is 11.8. The first kappa shape index (κ1) is 11.6. The first-order valence-corrected chi connectivity index (χ1v) is 5.08. The molecule has 0 saturated heterocycles. The minimum Gasteiger partial charge on any atom is -0.486 e. The van der Waals surface area contributed by atoms with E-state index < -0.39 is 11.6 Å². The van der Waals surface area contributed by atoms with E-state index in [1.54, 1.807) is 0 Å². The first-order valence-electron chi connectivity index (χ1n) is 5.08. The lowest BCUT2D eigenvalue weighted by atomic mass is 9.95. The van der Waals surface area contributed by atoms with E-state index in [1.807, 2.05) is 30.3 Å². The third kappa shape index (κ3) is 2.64. The van der Waals surface area contributed by atoms with E-state index >= 15 is 0 Å². The summed E-state index contributed by atoms with van der Waals surface area (Å²) in [6.45, 7) is 0.182. The molecule has 17 heavy (non-hydrogen) atoms. The van der Waals surface area contributed by atoms with Crippen molar-refractivity contribution in [3.8, 4) is 5.75 Å². The Morgan fingerprint density at radius 1 is 0.941 bits per heavy atom. The molecule has 0 aromatic heterocycles. The van der Waals surface area contributed by atoms with Crippen molar-refractivity contribution in [3.63, 3.8) is 0 Å². The van der Waals surface area contributed by atoms with Crippen molar-refractivity contribution < 1.29 is 13.5 Å². The topological polar surface area (TPSA) is 9.23 Å². The summed E-state index contributed by atoms with van der Waals surface area (Å²) in [5, 5.41) is 0. The molecule has 0 unspecified atom stereocenters. The molecular weight excluding hydrogens is 221 g/mol. The Morgan fingerprint density at radius 2 is 1.65 bits per heavy atom. The Kier molecular flexibility index (Phi) is 3.42. The van der Waals surface area contributed by atoms with Gasteiger partial charge in [0.15, 0.2) is 17.4 Å². The van der Waals surface area contributed by atoms with Gasteiger partial charge in [-0.3, -0.25) is 0 Å². The summed E-state index contributed by atoms with van der Waals surface area (Å²) in [5.41, 5.74) is 0.652. The number of benzene rings is 2. The molecule has 0 saturated carbocycles. The van der Waals surface area contributed by atoms with Gasteiger partial charge in [0.1, 0.15) is 14.5 Å². The van der Waals surface area contributed by atoms with E-state index in [1.165, 1.54) is 12.1 Å². The van der Waals surface area contributed by atoms with Crippen molar-refractivity contribution in [1.29, 1.82) is 0 Å². The Morgan fingerprint density at radius 3 is 2.35 bits per heavy atom. The highest BCUT2D eigenvalue weighted by Crippen LogP contribution is 2.19. The Bertz CT molecular complexity index is 514. The van der Waals surface area contributed by atoms with E-state index in [0.717, 1.165) is 5.56 Å². The smallest absolute Gasteiger partial charge is 0.199 e. The molecule has 0 aliphatic carbocycles. The maximum absolute atomic E-state index is 13.4. The average Bonchev–Trinajstić information content (AvgIpc) is 2.36. The summed E-state index contributed by atoms with van der Waals surface area (Å²) in [4.78, 5) is 0. The van der Waals surface area contributed by atoms with Gasteiger partial charge in [-0.25, -0.2) is 4.39 Å². The molecular formula is C13H9BF2O. The molecule has 2 aromatic carbocycles. The number of halogens is 2. The van der Waals surface area contributed by atoms with Gasteiger partial charge in [0.2, 0.25) is 0 Å². The molecule has 0 bridgehead atoms. The summed E-state index contributed by atoms with van der Waals surface area (Å²) >= 11 is 0. The van der Waals surface area contributed by atoms with Crippen molar-refractivity contribution in [2.75, 3.05) is 0 Å². The maximum atomic E-state index is 13.4. The van der Waals surface area contributed by atoms with Gasteiger partial charge in [-0.15, -0.1) is 0 Å². The van der Waals surface area contributed by atoms with E-state index in [-0.39, 0.29) is 17.8 Å². The molecule has 0 N–H and O–H groups in total. The second kappa shape index (κ2) is 5.00. The molecule has 0 fully saturated rings. The van der Waals surface area contributed by atoms with Gasteiger partial charge in [-0.2, -0.15) is 4.39 Å². The van der Waals surface area contributed by atoms with Crippen LogP contribution in [-0.2, 0) is 6.61 Å². The lowest BCUT2D eigenvalue weighted by Gasteiger charge is -2.08. The number of hydrogen-bond donors (Lipinski definition) is 0. The molecule has 2 rings (SSSR count). The molecule has 0 aliphatic rings. The highest BCUT2D eigenvalue weighted by molar-refractivity contribution is 6.32. The van der Waals surface area contributed by atoms with E-state index in [4.69, 9.17) is 12.6 Å². The van der Waals surface area contributed by atoms with Crippen molar-refractivity contribution in [3.05, 3.63) is 59.7 Å². The van der Waals surface area contributed by atoms with Gasteiger partial charge in [-0.1, -0.05) is 41.9 Å². The van der Waals surface area contributed by atoms with Crippen LogP contribution in [0.2, 0.25) is 0 Å². The third-order valence-corrected chi connectivity index (χ3v) is 2.31. The normalized spacial score (nSPS) is 10.2. The van der Waals surface area contributed by atoms with Gasteiger partial charge in [0.25, 0.3) is 0 Å². The van der Waals surface area contributed by atoms with Crippen molar-refractivity contribution in [2.45, 2.75) is 6.61 Å². The highest BCUT2D eigenvalue weighted by Gasteiger charge is 2.11. The zero-order valence-electron chi connectivity index (χ0n) is 8.99. The van der Waals surface area contributed by atoms with Crippen LogP contribution in [0, 0.1) is 11.6 Å². The summed E-state index contributed by atoms with van der Waals surface area (Å²) < 4.78 is 31.7. The standard InChI is InChI=1S/C13H9BF2O/c14-10-6-7-11(13(16)12(10)15)17-8-9-4-2-1-3-5-9/h1-7H,8H2. The van der Waals surface area contributed by atoms with Crippen LogP contribution in [0.3, 0.4) is 0 Å². The molecule has 2 radical (unpaired) electrons. The van der Waals surface area contributed by atoms with Gasteiger partial charge < -0.3 is 4.74 Å². The maximum Gasteiger partial charge on any atom is 0.199 e. The summed E-state index contributed by atoms with van der Waals surface area (Å²) in [6.07, 6.45) is 0. The van der Waals surface area contributed by atoms with Crippen LogP contribution in [-0.4, -0.2) is 7.85 Å². The molecule has 0 aliphatic heterocycles. The lowest BCUT2D eigenvalue weighted by Crippen LogP contribution is -2.11. The van der Waals surface area contributed by atoms with Crippen molar-refractivity contribution >= 4 is 13.3 Å². The molecule has 84 valence electrons. The summed E-state index contributed by atoms with van der Waals surface area (Å²) in [7, 11) is 5.23. The van der Waals surface area contributed by atoms with Crippen LogP contribution >= 0.6 is 0 Å². The number of rotatable bonds is 3. The second-order valence-corrected chi connectivity index (χ2v) is 3.56. The Hall–Kier alpha value is -1.84. The van der Waals surface area contributed by atoms with Crippen LogP contribution in [0.25, 0.3) is 0 Å². The monoisotopic (exact) mass is 230 g/mol. The Labute approximate surface area is 99.4 Å². The van der Waals surface area contributed by atoms with Crippen LogP contribution in [0.5, 0.6) is 5.75 Å². The SMILES string of the molecule is [B]c1ccc(OCc2ccccc2)c(F)c1F. The van der Waals surface area contributed by atoms with E-state index in [9.17, 15) is 8.78 Å². The minimum atomic E-state index is -1.07. The van der Waals surface area contributed by atoms with E-state index in [0.29, 0.717) is 0 Å². The van der Waals surface area contributed by atoms with Gasteiger partial charge in [0.05, 0.1) is 0 Å². The van der Waals surface area contributed by atoms with Gasteiger partial charge in [0, 0.05) is 0 Å². The molecule has 2 aromatic rings. The van der Waals surface area contributed by atoms with Crippen molar-refractivity contribution in [2.24, 2.45) is 0 Å². The fourth-order valence-corrected chi connectivity index (χ4v) is 1.39. The van der Waals surface area contributed by atoms with Crippen LogP contribution in [0.4, 0.5) is 8.78 Å². The molecule has 0 atom stereocenters. The zero-order chi connectivity index (χ0) is 12.3. The molecule has 1 nitrogen and oxygen atoms in total. The van der Waals surface area contributed by atoms with Crippen LogP contribution < -0.4 is 10.2 Å². The predicted molar refractivity (Wildman–Crippen MR) is 62.5 cm³/mol. The first-order chi connectivity index (χ1) is 8.18. The average molecular weight is 230 g/mol. The fourth-order valence-electron chi connectivity index (χ4n) is 1.39. The lowest BCUT2D eigenvalue weighted by molar-refractivity contribution is 0.285. The summed E-state index contributed by atoms with van der Waals surface area (Å²) in [5.74, 6) is -2.27. The van der Waals surface area contributed by atoms with Gasteiger partial charge >= 0.3 is 0 Å². The number of ether oxygens (including phenoxy) is 1. The zero-order valence-corrected chi connectivity index (χ0v) is 8.99. The largest absolute Gasteiger partial charge is 0.486 e. The molecule has 0 spiro atoms. The van der Waals surface area contributed by atoms with E-state index in [2.05, 4.69) is 0 Å². The minimum absolute atomic E-state index is 0.138.